The fourth-order valence-corrected chi connectivity index (χ4v) is 2.52. The van der Waals surface area contributed by atoms with E-state index in [1.54, 1.807) is 19.3 Å². The van der Waals surface area contributed by atoms with E-state index in [9.17, 15) is 4.79 Å². The fourth-order valence-electron chi connectivity index (χ4n) is 2.52. The van der Waals surface area contributed by atoms with Crippen molar-refractivity contribution >= 4 is 23.2 Å². The predicted octanol–water partition coefficient (Wildman–Crippen LogP) is 3.05. The molecule has 0 fully saturated rings. The lowest BCUT2D eigenvalue weighted by molar-refractivity contribution is 0.0983. The Hall–Kier alpha value is -3.29. The number of nitrogens with one attached hydrogen (secondary N) is 2. The number of hydrogen-bond acceptors (Lipinski definition) is 7. The molecule has 0 aliphatic carbocycles. The number of carbonyl (C=O) groups excluding carboxylic acids is 1. The van der Waals surface area contributed by atoms with E-state index in [1.807, 2.05) is 37.6 Å². The largest absolute Gasteiger partial charge is 0.373 e. The van der Waals surface area contributed by atoms with E-state index < -0.39 is 0 Å². The van der Waals surface area contributed by atoms with Crippen LogP contribution >= 0.6 is 0 Å². The van der Waals surface area contributed by atoms with Crippen molar-refractivity contribution in [2.45, 2.75) is 27.2 Å². The molecule has 0 saturated heterocycles. The van der Waals surface area contributed by atoms with Crippen LogP contribution in [0.15, 0.2) is 30.9 Å². The first-order chi connectivity index (χ1) is 12.5. The summed E-state index contributed by atoms with van der Waals surface area (Å²) in [7, 11) is 1.80. The number of ketones is 1. The molecule has 134 valence electrons. The van der Waals surface area contributed by atoms with Gasteiger partial charge < -0.3 is 10.6 Å². The van der Waals surface area contributed by atoms with Crippen LogP contribution in [-0.2, 0) is 0 Å². The maximum absolute atomic E-state index is 11.8. The molecule has 3 aromatic heterocycles. The van der Waals surface area contributed by atoms with Crippen molar-refractivity contribution in [1.29, 1.82) is 0 Å². The number of aryl methyl sites for hydroxylation is 2. The molecule has 3 aromatic rings. The zero-order valence-electron chi connectivity index (χ0n) is 15.2. The van der Waals surface area contributed by atoms with Gasteiger partial charge in [-0.25, -0.2) is 15.0 Å². The number of pyridine rings is 1. The van der Waals surface area contributed by atoms with Gasteiger partial charge in [0.1, 0.15) is 23.7 Å². The first-order valence-corrected chi connectivity index (χ1v) is 8.34. The van der Waals surface area contributed by atoms with Gasteiger partial charge in [-0.1, -0.05) is 6.92 Å². The van der Waals surface area contributed by atoms with Gasteiger partial charge in [0.15, 0.2) is 5.78 Å². The highest BCUT2D eigenvalue weighted by atomic mass is 16.1. The van der Waals surface area contributed by atoms with Gasteiger partial charge in [0.2, 0.25) is 5.95 Å². The van der Waals surface area contributed by atoms with Crippen LogP contribution in [0.25, 0.3) is 5.82 Å². The van der Waals surface area contributed by atoms with Crippen molar-refractivity contribution in [2.24, 2.45) is 0 Å². The van der Waals surface area contributed by atoms with Crippen LogP contribution in [0, 0.1) is 13.8 Å². The van der Waals surface area contributed by atoms with Crippen molar-refractivity contribution in [3.05, 3.63) is 47.8 Å². The summed E-state index contributed by atoms with van der Waals surface area (Å²) in [5.41, 5.74) is 3.03. The average molecular weight is 351 g/mol. The van der Waals surface area contributed by atoms with E-state index in [0.29, 0.717) is 29.7 Å². The van der Waals surface area contributed by atoms with Gasteiger partial charge in [0.05, 0.1) is 17.6 Å². The lowest BCUT2D eigenvalue weighted by Crippen LogP contribution is -2.07. The number of hydrogen-bond donors (Lipinski definition) is 2. The molecule has 0 radical (unpaired) electrons. The Morgan fingerprint density at radius 1 is 1.19 bits per heavy atom. The van der Waals surface area contributed by atoms with E-state index in [2.05, 4.69) is 30.6 Å². The Balaban J connectivity index is 1.95. The summed E-state index contributed by atoms with van der Waals surface area (Å²) in [6.07, 6.45) is 5.48. The standard InChI is InChI=1S/C18H21N7O/c1-5-15(26)13-6-11(2)14(8-20-13)24-18-23-12(3)9-25(18)17-7-16(19-4)21-10-22-17/h6-10H,5H2,1-4H3,(H,23,24)(H,19,21,22). The van der Waals surface area contributed by atoms with Gasteiger partial charge in [0, 0.05) is 25.7 Å². The van der Waals surface area contributed by atoms with Crippen molar-refractivity contribution in [2.75, 3.05) is 17.7 Å². The molecule has 8 nitrogen and oxygen atoms in total. The molecule has 0 aliphatic rings. The van der Waals surface area contributed by atoms with Gasteiger partial charge in [-0.3, -0.25) is 14.3 Å². The second kappa shape index (κ2) is 7.30. The first kappa shape index (κ1) is 17.5. The summed E-state index contributed by atoms with van der Waals surface area (Å²) in [6.45, 7) is 5.67. The highest BCUT2D eigenvalue weighted by Gasteiger charge is 2.13. The third-order valence-corrected chi connectivity index (χ3v) is 3.95. The molecule has 8 heteroatoms. The SMILES string of the molecule is CCC(=O)c1cc(C)c(Nc2nc(C)cn2-c2cc(NC)ncn2)cn1. The maximum Gasteiger partial charge on any atom is 0.213 e. The van der Waals surface area contributed by atoms with Crippen LogP contribution in [0.2, 0.25) is 0 Å². The van der Waals surface area contributed by atoms with E-state index in [1.165, 1.54) is 6.33 Å². The monoisotopic (exact) mass is 351 g/mol. The third-order valence-electron chi connectivity index (χ3n) is 3.95. The van der Waals surface area contributed by atoms with Crippen LogP contribution in [-0.4, -0.2) is 37.3 Å². The van der Waals surface area contributed by atoms with Crippen LogP contribution in [0.4, 0.5) is 17.5 Å². The van der Waals surface area contributed by atoms with E-state index in [4.69, 9.17) is 0 Å². The zero-order chi connectivity index (χ0) is 18.7. The minimum Gasteiger partial charge on any atom is -0.373 e. The Bertz CT molecular complexity index is 948. The number of aromatic nitrogens is 5. The van der Waals surface area contributed by atoms with Crippen LogP contribution < -0.4 is 10.6 Å². The molecule has 0 saturated carbocycles. The highest BCUT2D eigenvalue weighted by Crippen LogP contribution is 2.23. The minimum atomic E-state index is 0.0255. The summed E-state index contributed by atoms with van der Waals surface area (Å²) in [5.74, 6) is 2.05. The van der Waals surface area contributed by atoms with E-state index in [0.717, 1.165) is 16.9 Å². The third kappa shape index (κ3) is 3.53. The summed E-state index contributed by atoms with van der Waals surface area (Å²) >= 11 is 0. The molecular formula is C18H21N7O. The quantitative estimate of drug-likeness (QED) is 0.659. The van der Waals surface area contributed by atoms with Crippen molar-refractivity contribution in [3.8, 4) is 5.82 Å². The molecule has 3 heterocycles. The van der Waals surface area contributed by atoms with Crippen LogP contribution in [0.3, 0.4) is 0 Å². The Kier molecular flexibility index (Phi) is 4.92. The van der Waals surface area contributed by atoms with Crippen LogP contribution in [0.1, 0.15) is 35.1 Å². The highest BCUT2D eigenvalue weighted by molar-refractivity contribution is 5.94. The van der Waals surface area contributed by atoms with Crippen molar-refractivity contribution < 1.29 is 4.79 Å². The lowest BCUT2D eigenvalue weighted by atomic mass is 10.1. The number of nitrogens with zero attached hydrogens (tertiary/aromatic N) is 5. The van der Waals surface area contributed by atoms with Gasteiger partial charge in [-0.05, 0) is 25.5 Å². The fraction of sp³-hybridized carbons (Fsp3) is 0.278. The van der Waals surface area contributed by atoms with Gasteiger partial charge in [0.25, 0.3) is 0 Å². The minimum absolute atomic E-state index is 0.0255. The zero-order valence-corrected chi connectivity index (χ0v) is 15.2. The summed E-state index contributed by atoms with van der Waals surface area (Å²) in [4.78, 5) is 29.1. The Morgan fingerprint density at radius 3 is 2.69 bits per heavy atom. The second-order valence-corrected chi connectivity index (χ2v) is 5.87. The molecule has 0 spiro atoms. The van der Waals surface area contributed by atoms with Gasteiger partial charge in [-0.2, -0.15) is 0 Å². The Morgan fingerprint density at radius 2 is 2.00 bits per heavy atom. The van der Waals surface area contributed by atoms with Crippen LogP contribution in [0.5, 0.6) is 0 Å². The summed E-state index contributed by atoms with van der Waals surface area (Å²) in [6, 6.07) is 3.62. The van der Waals surface area contributed by atoms with Crippen molar-refractivity contribution in [1.82, 2.24) is 24.5 Å². The topological polar surface area (TPSA) is 97.6 Å². The molecule has 0 unspecified atom stereocenters. The number of imidazole rings is 1. The van der Waals surface area contributed by atoms with Gasteiger partial charge in [-0.15, -0.1) is 0 Å². The van der Waals surface area contributed by atoms with Crippen molar-refractivity contribution in [3.63, 3.8) is 0 Å². The molecule has 0 amide bonds. The summed E-state index contributed by atoms with van der Waals surface area (Å²) < 4.78 is 1.85. The van der Waals surface area contributed by atoms with E-state index >= 15 is 0 Å². The normalized spacial score (nSPS) is 10.6. The summed E-state index contributed by atoms with van der Waals surface area (Å²) in [5, 5.41) is 6.28. The first-order valence-electron chi connectivity index (χ1n) is 8.34. The molecule has 0 aliphatic heterocycles. The maximum atomic E-state index is 11.8. The number of rotatable bonds is 6. The molecule has 0 atom stereocenters. The molecule has 0 bridgehead atoms. The molecule has 2 N–H and O–H groups in total. The second-order valence-electron chi connectivity index (χ2n) is 5.87. The number of carbonyl (C=O) groups is 1. The van der Waals surface area contributed by atoms with Gasteiger partial charge >= 0.3 is 0 Å². The van der Waals surface area contributed by atoms with E-state index in [-0.39, 0.29) is 5.78 Å². The molecule has 26 heavy (non-hydrogen) atoms. The molecule has 3 rings (SSSR count). The predicted molar refractivity (Wildman–Crippen MR) is 100 cm³/mol. The molecule has 0 aromatic carbocycles. The molecular weight excluding hydrogens is 330 g/mol. The lowest BCUT2D eigenvalue weighted by Gasteiger charge is -2.12. The number of Topliss-reactive ketones (excluding diaryl/α,β-unsaturated/α-hetero) is 1. The smallest absolute Gasteiger partial charge is 0.213 e. The Labute approximate surface area is 151 Å². The number of anilines is 3. The average Bonchev–Trinajstić information content (AvgIpc) is 3.03.